The van der Waals surface area contributed by atoms with Gasteiger partial charge in [0.25, 0.3) is 0 Å². The summed E-state index contributed by atoms with van der Waals surface area (Å²) in [7, 11) is 0. The van der Waals surface area contributed by atoms with Crippen molar-refractivity contribution in [3.8, 4) is 0 Å². The molecule has 0 unspecified atom stereocenters. The maximum atomic E-state index is 8.57. The first-order valence-corrected chi connectivity index (χ1v) is 4.43. The molecule has 0 aliphatic carbocycles. The molecule has 0 fully saturated rings. The van der Waals surface area contributed by atoms with E-state index < -0.39 is 0 Å². The molecule has 0 aromatic carbocycles. The molecule has 0 aromatic rings. The third-order valence-electron chi connectivity index (χ3n) is 1.79. The predicted molar refractivity (Wildman–Crippen MR) is 49.5 cm³/mol. The zero-order valence-electron chi connectivity index (χ0n) is 7.93. The molecule has 0 amide bonds. The minimum absolute atomic E-state index is 0.188. The first-order chi connectivity index (χ1) is 5.16. The molecule has 0 aliphatic rings. The molecule has 1 N–H and O–H groups in total. The van der Waals surface area contributed by atoms with Crippen LogP contribution < -0.4 is 0 Å². The van der Waals surface area contributed by atoms with Gasteiger partial charge in [-0.3, -0.25) is 0 Å². The fourth-order valence-corrected chi connectivity index (χ4v) is 1.05. The van der Waals surface area contributed by atoms with Gasteiger partial charge in [0.15, 0.2) is 0 Å². The molecule has 0 saturated carbocycles. The van der Waals surface area contributed by atoms with Crippen molar-refractivity contribution >= 4 is 0 Å². The highest BCUT2D eigenvalue weighted by Crippen LogP contribution is 2.10. The van der Waals surface area contributed by atoms with Crippen LogP contribution in [0.4, 0.5) is 0 Å². The van der Waals surface area contributed by atoms with Crippen LogP contribution in [0.15, 0.2) is 11.6 Å². The molecule has 0 atom stereocenters. The van der Waals surface area contributed by atoms with Crippen molar-refractivity contribution in [2.75, 3.05) is 6.61 Å². The van der Waals surface area contributed by atoms with Crippen molar-refractivity contribution in [2.45, 2.75) is 40.0 Å². The lowest BCUT2D eigenvalue weighted by molar-refractivity contribution is 0.341. The lowest BCUT2D eigenvalue weighted by Gasteiger charge is -2.03. The molecule has 0 spiro atoms. The van der Waals surface area contributed by atoms with Crippen molar-refractivity contribution in [1.82, 2.24) is 0 Å². The zero-order valence-corrected chi connectivity index (χ0v) is 7.93. The summed E-state index contributed by atoms with van der Waals surface area (Å²) in [5.74, 6) is 0.803. The van der Waals surface area contributed by atoms with Gasteiger partial charge < -0.3 is 5.11 Å². The zero-order chi connectivity index (χ0) is 8.69. The van der Waals surface area contributed by atoms with Gasteiger partial charge in [-0.05, 0) is 25.7 Å². The summed E-state index contributed by atoms with van der Waals surface area (Å²) < 4.78 is 0. The molecule has 0 saturated heterocycles. The normalized spacial score (nSPS) is 12.6. The Morgan fingerprint density at radius 2 is 2.09 bits per heavy atom. The molecular weight excluding hydrogens is 136 g/mol. The quantitative estimate of drug-likeness (QED) is 0.607. The van der Waals surface area contributed by atoms with Crippen LogP contribution in [0.25, 0.3) is 0 Å². The summed E-state index contributed by atoms with van der Waals surface area (Å²) in [6.07, 6.45) is 5.57. The second-order valence-electron chi connectivity index (χ2n) is 3.52. The number of allylic oxidation sites excluding steroid dienone is 1. The van der Waals surface area contributed by atoms with Gasteiger partial charge in [-0.15, -0.1) is 0 Å². The molecule has 0 bridgehead atoms. The predicted octanol–water partition coefficient (Wildman–Crippen LogP) is 2.75. The molecule has 0 heterocycles. The van der Waals surface area contributed by atoms with Gasteiger partial charge in [0, 0.05) is 0 Å². The van der Waals surface area contributed by atoms with Crippen LogP contribution in [0.1, 0.15) is 40.0 Å². The Kier molecular flexibility index (Phi) is 6.24. The molecule has 1 heteroatoms. The Balaban J connectivity index is 3.31. The third-order valence-corrected chi connectivity index (χ3v) is 1.79. The topological polar surface area (TPSA) is 20.2 Å². The maximum absolute atomic E-state index is 8.57. The summed E-state index contributed by atoms with van der Waals surface area (Å²) in [6, 6.07) is 0. The van der Waals surface area contributed by atoms with Gasteiger partial charge in [-0.1, -0.05) is 31.9 Å². The van der Waals surface area contributed by atoms with E-state index in [4.69, 9.17) is 5.11 Å². The fraction of sp³-hybridized carbons (Fsp3) is 0.800. The van der Waals surface area contributed by atoms with E-state index in [0.29, 0.717) is 0 Å². The van der Waals surface area contributed by atoms with Crippen LogP contribution in [-0.2, 0) is 0 Å². The van der Waals surface area contributed by atoms with E-state index in [1.165, 1.54) is 18.4 Å². The lowest BCUT2D eigenvalue weighted by atomic mass is 10.0. The highest BCUT2D eigenvalue weighted by molar-refractivity contribution is 4.97. The standard InChI is InChI=1S/C10H20O/c1-9(2)5-4-6-10(3)7-8-11/h7,9,11H,4-6,8H2,1-3H3/b10-7-. The summed E-state index contributed by atoms with van der Waals surface area (Å²) in [6.45, 7) is 6.75. The fourth-order valence-electron chi connectivity index (χ4n) is 1.05. The smallest absolute Gasteiger partial charge is 0.0614 e. The van der Waals surface area contributed by atoms with Crippen molar-refractivity contribution in [3.05, 3.63) is 11.6 Å². The van der Waals surface area contributed by atoms with Crippen LogP contribution in [0, 0.1) is 5.92 Å². The van der Waals surface area contributed by atoms with Crippen LogP contribution in [0.3, 0.4) is 0 Å². The summed E-state index contributed by atoms with van der Waals surface area (Å²) in [4.78, 5) is 0. The Bertz CT molecular complexity index is 114. The molecule has 0 aliphatic heterocycles. The van der Waals surface area contributed by atoms with E-state index >= 15 is 0 Å². The minimum atomic E-state index is 0.188. The van der Waals surface area contributed by atoms with Gasteiger partial charge >= 0.3 is 0 Å². The first-order valence-electron chi connectivity index (χ1n) is 4.43. The highest BCUT2D eigenvalue weighted by atomic mass is 16.2. The van der Waals surface area contributed by atoms with Crippen molar-refractivity contribution in [1.29, 1.82) is 0 Å². The highest BCUT2D eigenvalue weighted by Gasteiger charge is 1.94. The lowest BCUT2D eigenvalue weighted by Crippen LogP contribution is -1.88. The van der Waals surface area contributed by atoms with E-state index in [0.717, 1.165) is 12.3 Å². The van der Waals surface area contributed by atoms with Crippen molar-refractivity contribution in [2.24, 2.45) is 5.92 Å². The van der Waals surface area contributed by atoms with Crippen LogP contribution in [0.5, 0.6) is 0 Å². The van der Waals surface area contributed by atoms with Gasteiger partial charge in [-0.2, -0.15) is 0 Å². The monoisotopic (exact) mass is 156 g/mol. The summed E-state index contributed by atoms with van der Waals surface area (Å²) in [5, 5.41) is 8.57. The number of aliphatic hydroxyl groups excluding tert-OH is 1. The Morgan fingerprint density at radius 1 is 1.45 bits per heavy atom. The van der Waals surface area contributed by atoms with E-state index in [9.17, 15) is 0 Å². The number of hydrogen-bond acceptors (Lipinski definition) is 1. The van der Waals surface area contributed by atoms with Crippen molar-refractivity contribution < 1.29 is 5.11 Å². The van der Waals surface area contributed by atoms with Crippen LogP contribution in [-0.4, -0.2) is 11.7 Å². The third kappa shape index (κ3) is 7.60. The second kappa shape index (κ2) is 6.41. The SMILES string of the molecule is C/C(=C/CO)CCCC(C)C. The van der Waals surface area contributed by atoms with Gasteiger partial charge in [0.2, 0.25) is 0 Å². The average Bonchev–Trinajstić information content (AvgIpc) is 1.87. The Labute approximate surface area is 70.1 Å². The average molecular weight is 156 g/mol. The first kappa shape index (κ1) is 10.7. The van der Waals surface area contributed by atoms with E-state index in [1.807, 2.05) is 6.08 Å². The second-order valence-corrected chi connectivity index (χ2v) is 3.52. The molecule has 1 nitrogen and oxygen atoms in total. The van der Waals surface area contributed by atoms with E-state index in [1.54, 1.807) is 0 Å². The molecule has 11 heavy (non-hydrogen) atoms. The van der Waals surface area contributed by atoms with Gasteiger partial charge in [-0.25, -0.2) is 0 Å². The molecule has 0 radical (unpaired) electrons. The molecular formula is C10H20O. The van der Waals surface area contributed by atoms with Crippen molar-refractivity contribution in [3.63, 3.8) is 0 Å². The van der Waals surface area contributed by atoms with Gasteiger partial charge in [0.1, 0.15) is 0 Å². The Hall–Kier alpha value is -0.300. The molecule has 0 rings (SSSR count). The van der Waals surface area contributed by atoms with Crippen LogP contribution in [0.2, 0.25) is 0 Å². The van der Waals surface area contributed by atoms with E-state index in [-0.39, 0.29) is 6.61 Å². The number of aliphatic hydroxyl groups is 1. The largest absolute Gasteiger partial charge is 0.392 e. The number of rotatable bonds is 5. The summed E-state index contributed by atoms with van der Waals surface area (Å²) >= 11 is 0. The van der Waals surface area contributed by atoms with E-state index in [2.05, 4.69) is 20.8 Å². The minimum Gasteiger partial charge on any atom is -0.392 e. The number of hydrogen-bond donors (Lipinski definition) is 1. The summed E-state index contributed by atoms with van der Waals surface area (Å²) in [5.41, 5.74) is 1.31. The maximum Gasteiger partial charge on any atom is 0.0614 e. The Morgan fingerprint density at radius 3 is 2.55 bits per heavy atom. The van der Waals surface area contributed by atoms with Crippen LogP contribution >= 0.6 is 0 Å². The molecule has 0 aromatic heterocycles. The van der Waals surface area contributed by atoms with Gasteiger partial charge in [0.05, 0.1) is 6.61 Å². The molecule has 66 valence electrons.